The molecule has 2 N–H and O–H groups in total. The van der Waals surface area contributed by atoms with Crippen molar-refractivity contribution >= 4 is 21.8 Å². The summed E-state index contributed by atoms with van der Waals surface area (Å²) in [4.78, 5) is 14.6. The van der Waals surface area contributed by atoms with Gasteiger partial charge in [0.25, 0.3) is 0 Å². The summed E-state index contributed by atoms with van der Waals surface area (Å²) in [5.41, 5.74) is 7.12. The third-order valence-electron chi connectivity index (χ3n) is 3.97. The number of hydrogen-bond acceptors (Lipinski definition) is 2. The molecule has 4 heteroatoms. The predicted molar refractivity (Wildman–Crippen MR) is 85.3 cm³/mol. The van der Waals surface area contributed by atoms with Gasteiger partial charge in [-0.15, -0.1) is 0 Å². The molecule has 0 spiro atoms. The average molecular weight is 339 g/mol. The highest BCUT2D eigenvalue weighted by Crippen LogP contribution is 2.34. The van der Waals surface area contributed by atoms with Crippen LogP contribution in [0.5, 0.6) is 0 Å². The number of rotatable bonds is 2. The van der Waals surface area contributed by atoms with E-state index in [0.717, 1.165) is 23.9 Å². The van der Waals surface area contributed by atoms with Crippen LogP contribution in [-0.4, -0.2) is 23.4 Å². The maximum absolute atomic E-state index is 12.6. The zero-order chi connectivity index (χ0) is 14.9. The standard InChI is InChI=1S/C16H23BrN2O/c1-16(2,3)14(18)15(20)19-9-5-8-13(19)11-6-4-7-12(17)10-11/h4,6-7,10,13-14H,5,8-9,18H2,1-3H3/t13?,14-/m0/s1. The number of carbonyl (C=O) groups is 1. The second kappa shape index (κ2) is 5.86. The van der Waals surface area contributed by atoms with Gasteiger partial charge in [0.05, 0.1) is 12.1 Å². The van der Waals surface area contributed by atoms with Gasteiger partial charge in [0.15, 0.2) is 0 Å². The average Bonchev–Trinajstić information content (AvgIpc) is 2.85. The fourth-order valence-corrected chi connectivity index (χ4v) is 3.06. The minimum absolute atomic E-state index is 0.0694. The van der Waals surface area contributed by atoms with Gasteiger partial charge in [-0.05, 0) is 36.0 Å². The van der Waals surface area contributed by atoms with Crippen molar-refractivity contribution in [1.82, 2.24) is 4.90 Å². The SMILES string of the molecule is CC(C)(C)[C@@H](N)C(=O)N1CCCC1c1cccc(Br)c1. The Morgan fingerprint density at radius 1 is 1.45 bits per heavy atom. The topological polar surface area (TPSA) is 46.3 Å². The van der Waals surface area contributed by atoms with Crippen LogP contribution in [0.4, 0.5) is 0 Å². The Morgan fingerprint density at radius 2 is 2.15 bits per heavy atom. The van der Waals surface area contributed by atoms with Crippen molar-refractivity contribution in [3.63, 3.8) is 0 Å². The quantitative estimate of drug-likeness (QED) is 0.897. The first-order chi connectivity index (χ1) is 9.30. The van der Waals surface area contributed by atoms with E-state index in [1.165, 1.54) is 5.56 Å². The van der Waals surface area contributed by atoms with Crippen molar-refractivity contribution in [2.24, 2.45) is 11.1 Å². The molecule has 20 heavy (non-hydrogen) atoms. The van der Waals surface area contributed by atoms with Crippen LogP contribution in [0.3, 0.4) is 0 Å². The lowest BCUT2D eigenvalue weighted by Crippen LogP contribution is -2.50. The molecular weight excluding hydrogens is 316 g/mol. The third-order valence-corrected chi connectivity index (χ3v) is 4.46. The Labute approximate surface area is 129 Å². The maximum Gasteiger partial charge on any atom is 0.240 e. The summed E-state index contributed by atoms with van der Waals surface area (Å²) in [5.74, 6) is 0.0694. The largest absolute Gasteiger partial charge is 0.334 e. The number of halogens is 1. The number of nitrogens with zero attached hydrogens (tertiary/aromatic N) is 1. The number of carbonyl (C=O) groups excluding carboxylic acids is 1. The van der Waals surface area contributed by atoms with Crippen LogP contribution < -0.4 is 5.73 Å². The first kappa shape index (κ1) is 15.5. The van der Waals surface area contributed by atoms with Crippen molar-refractivity contribution in [3.05, 3.63) is 34.3 Å². The summed E-state index contributed by atoms with van der Waals surface area (Å²) in [5, 5.41) is 0. The molecule has 1 fully saturated rings. The first-order valence-electron chi connectivity index (χ1n) is 7.12. The van der Waals surface area contributed by atoms with Crippen molar-refractivity contribution in [1.29, 1.82) is 0 Å². The van der Waals surface area contributed by atoms with Crippen molar-refractivity contribution in [2.45, 2.75) is 45.7 Å². The Kier molecular flexibility index (Phi) is 4.55. The summed E-state index contributed by atoms with van der Waals surface area (Å²) in [6.45, 7) is 6.85. The molecule has 1 aliphatic heterocycles. The van der Waals surface area contributed by atoms with Gasteiger partial charge in [-0.1, -0.05) is 48.8 Å². The lowest BCUT2D eigenvalue weighted by molar-refractivity contribution is -0.135. The smallest absolute Gasteiger partial charge is 0.240 e. The minimum Gasteiger partial charge on any atom is -0.334 e. The molecule has 0 saturated carbocycles. The maximum atomic E-state index is 12.6. The summed E-state index contributed by atoms with van der Waals surface area (Å²) in [6, 6.07) is 7.92. The highest BCUT2D eigenvalue weighted by Gasteiger charge is 2.36. The van der Waals surface area contributed by atoms with E-state index >= 15 is 0 Å². The molecule has 110 valence electrons. The van der Waals surface area contributed by atoms with Gasteiger partial charge < -0.3 is 10.6 Å². The monoisotopic (exact) mass is 338 g/mol. The number of amides is 1. The van der Waals surface area contributed by atoms with E-state index in [-0.39, 0.29) is 17.4 Å². The van der Waals surface area contributed by atoms with Gasteiger partial charge in [-0.3, -0.25) is 4.79 Å². The molecule has 0 bridgehead atoms. The van der Waals surface area contributed by atoms with Gasteiger partial charge in [-0.2, -0.15) is 0 Å². The molecule has 0 aliphatic carbocycles. The molecular formula is C16H23BrN2O. The van der Waals surface area contributed by atoms with Crippen molar-refractivity contribution in [3.8, 4) is 0 Å². The van der Waals surface area contributed by atoms with Gasteiger partial charge in [-0.25, -0.2) is 0 Å². The van der Waals surface area contributed by atoms with Crippen LogP contribution in [0.25, 0.3) is 0 Å². The summed E-state index contributed by atoms with van der Waals surface area (Å²) in [6.07, 6.45) is 2.05. The minimum atomic E-state index is -0.449. The number of hydrogen-bond donors (Lipinski definition) is 1. The molecule has 1 aromatic rings. The van der Waals surface area contributed by atoms with Crippen LogP contribution >= 0.6 is 15.9 Å². The lowest BCUT2D eigenvalue weighted by Gasteiger charge is -2.33. The molecule has 2 rings (SSSR count). The molecule has 0 aromatic heterocycles. The van der Waals surface area contributed by atoms with Gasteiger partial charge >= 0.3 is 0 Å². The molecule has 1 aliphatic rings. The molecule has 1 aromatic carbocycles. The fraction of sp³-hybridized carbons (Fsp3) is 0.562. The number of benzene rings is 1. The van der Waals surface area contributed by atoms with Crippen LogP contribution in [0.2, 0.25) is 0 Å². The Hall–Kier alpha value is -0.870. The van der Waals surface area contributed by atoms with E-state index in [0.29, 0.717) is 0 Å². The zero-order valence-electron chi connectivity index (χ0n) is 12.4. The first-order valence-corrected chi connectivity index (χ1v) is 7.91. The fourth-order valence-electron chi connectivity index (χ4n) is 2.64. The molecule has 1 unspecified atom stereocenters. The van der Waals surface area contributed by atoms with E-state index in [1.54, 1.807) is 0 Å². The molecule has 2 atom stereocenters. The molecule has 3 nitrogen and oxygen atoms in total. The normalized spacial score (nSPS) is 21.1. The van der Waals surface area contributed by atoms with E-state index in [9.17, 15) is 4.79 Å². The van der Waals surface area contributed by atoms with E-state index < -0.39 is 6.04 Å². The second-order valence-corrected chi connectivity index (χ2v) is 7.50. The summed E-state index contributed by atoms with van der Waals surface area (Å²) in [7, 11) is 0. The van der Waals surface area contributed by atoms with E-state index in [2.05, 4.69) is 28.1 Å². The zero-order valence-corrected chi connectivity index (χ0v) is 14.0. The Balaban J connectivity index is 2.21. The van der Waals surface area contributed by atoms with Gasteiger partial charge in [0.1, 0.15) is 0 Å². The van der Waals surface area contributed by atoms with Gasteiger partial charge in [0, 0.05) is 11.0 Å². The third kappa shape index (κ3) is 3.23. The Bertz CT molecular complexity index is 495. The lowest BCUT2D eigenvalue weighted by atomic mass is 9.86. The van der Waals surface area contributed by atoms with Crippen LogP contribution in [0.15, 0.2) is 28.7 Å². The van der Waals surface area contributed by atoms with Crippen LogP contribution in [0, 0.1) is 5.41 Å². The Morgan fingerprint density at radius 3 is 2.75 bits per heavy atom. The van der Waals surface area contributed by atoms with Crippen LogP contribution in [-0.2, 0) is 4.79 Å². The predicted octanol–water partition coefficient (Wildman–Crippen LogP) is 3.49. The molecule has 0 radical (unpaired) electrons. The van der Waals surface area contributed by atoms with Crippen LogP contribution in [0.1, 0.15) is 45.2 Å². The highest BCUT2D eigenvalue weighted by molar-refractivity contribution is 9.10. The highest BCUT2D eigenvalue weighted by atomic mass is 79.9. The second-order valence-electron chi connectivity index (χ2n) is 6.59. The van der Waals surface area contributed by atoms with Crippen molar-refractivity contribution < 1.29 is 4.79 Å². The molecule has 1 heterocycles. The van der Waals surface area contributed by atoms with E-state index in [4.69, 9.17) is 5.73 Å². The molecule has 1 saturated heterocycles. The molecule has 1 amide bonds. The number of nitrogens with two attached hydrogens (primary N) is 1. The van der Waals surface area contributed by atoms with E-state index in [1.807, 2.05) is 37.8 Å². The number of likely N-dealkylation sites (tertiary alicyclic amines) is 1. The summed E-state index contributed by atoms with van der Waals surface area (Å²) >= 11 is 3.50. The summed E-state index contributed by atoms with van der Waals surface area (Å²) < 4.78 is 1.05. The van der Waals surface area contributed by atoms with Gasteiger partial charge in [0.2, 0.25) is 5.91 Å². The van der Waals surface area contributed by atoms with Crippen molar-refractivity contribution in [2.75, 3.05) is 6.54 Å².